The van der Waals surface area contributed by atoms with Crippen LogP contribution in [0.5, 0.6) is 0 Å². The topological polar surface area (TPSA) is 69.7 Å². The van der Waals surface area contributed by atoms with E-state index < -0.39 is 10.0 Å². The Balaban J connectivity index is 1.50. The Morgan fingerprint density at radius 3 is 2.57 bits per heavy atom. The fraction of sp³-hybridized carbons (Fsp3) is 0.409. The quantitative estimate of drug-likeness (QED) is 0.754. The van der Waals surface area contributed by atoms with Crippen LogP contribution in [0.15, 0.2) is 47.4 Å². The zero-order chi connectivity index (χ0) is 21.1. The number of para-hydroxylation sites is 1. The number of fused-ring (bicyclic) bond motifs is 1. The van der Waals surface area contributed by atoms with Gasteiger partial charge in [-0.15, -0.1) is 0 Å². The van der Waals surface area contributed by atoms with Crippen molar-refractivity contribution in [2.75, 3.05) is 36.4 Å². The summed E-state index contributed by atoms with van der Waals surface area (Å²) >= 11 is 6.26. The highest BCUT2D eigenvalue weighted by molar-refractivity contribution is 7.89. The summed E-state index contributed by atoms with van der Waals surface area (Å²) in [6.45, 7) is 2.06. The van der Waals surface area contributed by atoms with Crippen LogP contribution < -0.4 is 10.2 Å². The van der Waals surface area contributed by atoms with E-state index in [-0.39, 0.29) is 17.3 Å². The maximum absolute atomic E-state index is 13.0. The van der Waals surface area contributed by atoms with E-state index in [1.54, 1.807) is 0 Å². The Labute approximate surface area is 182 Å². The summed E-state index contributed by atoms with van der Waals surface area (Å²) in [4.78, 5) is 14.9. The number of carbonyl (C=O) groups excluding carboxylic acids is 1. The van der Waals surface area contributed by atoms with Gasteiger partial charge < -0.3 is 10.2 Å². The van der Waals surface area contributed by atoms with Gasteiger partial charge in [-0.05, 0) is 55.5 Å². The van der Waals surface area contributed by atoms with Crippen LogP contribution in [0, 0.1) is 0 Å². The molecule has 6 nitrogen and oxygen atoms in total. The fourth-order valence-corrected chi connectivity index (χ4v) is 5.86. The maximum atomic E-state index is 13.0. The van der Waals surface area contributed by atoms with E-state index in [1.165, 1.54) is 28.1 Å². The number of aryl methyl sites for hydroxylation is 1. The molecule has 1 amide bonds. The van der Waals surface area contributed by atoms with Gasteiger partial charge in [0.15, 0.2) is 0 Å². The van der Waals surface area contributed by atoms with Crippen LogP contribution in [0.25, 0.3) is 0 Å². The highest BCUT2D eigenvalue weighted by Gasteiger charge is 2.27. The van der Waals surface area contributed by atoms with E-state index in [0.29, 0.717) is 23.8 Å². The number of hydrogen-bond donors (Lipinski definition) is 1. The molecule has 0 aromatic heterocycles. The summed E-state index contributed by atoms with van der Waals surface area (Å²) in [5.74, 6) is -0.221. The molecule has 0 atom stereocenters. The number of anilines is 2. The molecule has 0 saturated carbocycles. The van der Waals surface area contributed by atoms with Crippen molar-refractivity contribution in [3.05, 3.63) is 53.1 Å². The van der Waals surface area contributed by atoms with Crippen LogP contribution >= 0.6 is 11.6 Å². The summed E-state index contributed by atoms with van der Waals surface area (Å²) in [5, 5.41) is 3.13. The van der Waals surface area contributed by atoms with Gasteiger partial charge in [-0.1, -0.05) is 36.2 Å². The molecule has 2 heterocycles. The molecule has 1 fully saturated rings. The number of carbonyl (C=O) groups is 1. The number of nitrogens with zero attached hydrogens (tertiary/aromatic N) is 2. The molecule has 0 radical (unpaired) electrons. The Morgan fingerprint density at radius 2 is 1.77 bits per heavy atom. The van der Waals surface area contributed by atoms with Crippen LogP contribution in [0.1, 0.15) is 31.2 Å². The third-order valence-corrected chi connectivity index (χ3v) is 7.93. The van der Waals surface area contributed by atoms with Crippen LogP contribution in [0.2, 0.25) is 5.02 Å². The summed E-state index contributed by atoms with van der Waals surface area (Å²) in [6, 6.07) is 12.6. The molecule has 160 valence electrons. The summed E-state index contributed by atoms with van der Waals surface area (Å²) in [7, 11) is -3.59. The van der Waals surface area contributed by atoms with Crippen molar-refractivity contribution in [3.8, 4) is 0 Å². The van der Waals surface area contributed by atoms with Crippen molar-refractivity contribution in [1.29, 1.82) is 0 Å². The number of nitrogens with one attached hydrogen (secondary N) is 1. The molecule has 1 saturated heterocycles. The molecule has 30 heavy (non-hydrogen) atoms. The van der Waals surface area contributed by atoms with Crippen molar-refractivity contribution in [2.45, 2.75) is 37.0 Å². The maximum Gasteiger partial charge on any atom is 0.243 e. The second-order valence-electron chi connectivity index (χ2n) is 7.81. The Morgan fingerprint density at radius 1 is 1.00 bits per heavy atom. The summed E-state index contributed by atoms with van der Waals surface area (Å²) in [5.41, 5.74) is 2.64. The van der Waals surface area contributed by atoms with Crippen LogP contribution in [-0.4, -0.2) is 44.8 Å². The first-order valence-corrected chi connectivity index (χ1v) is 12.2. The smallest absolute Gasteiger partial charge is 0.243 e. The number of halogens is 1. The van der Waals surface area contributed by atoms with Crippen molar-refractivity contribution < 1.29 is 13.2 Å². The molecule has 1 N–H and O–H groups in total. The third-order valence-electron chi connectivity index (χ3n) is 5.71. The van der Waals surface area contributed by atoms with Gasteiger partial charge >= 0.3 is 0 Å². The molecule has 2 aromatic rings. The van der Waals surface area contributed by atoms with Gasteiger partial charge in [0.2, 0.25) is 15.9 Å². The molecule has 0 spiro atoms. The van der Waals surface area contributed by atoms with E-state index >= 15 is 0 Å². The van der Waals surface area contributed by atoms with Gasteiger partial charge in [0, 0.05) is 25.3 Å². The first-order valence-electron chi connectivity index (χ1n) is 10.4. The lowest BCUT2D eigenvalue weighted by Crippen LogP contribution is -2.37. The van der Waals surface area contributed by atoms with Crippen molar-refractivity contribution in [2.24, 2.45) is 0 Å². The molecular weight excluding hydrogens is 422 g/mol. The normalized spacial score (nSPS) is 17.4. The van der Waals surface area contributed by atoms with Crippen LogP contribution in [0.3, 0.4) is 0 Å². The number of benzene rings is 2. The Hall–Kier alpha value is -2.09. The SMILES string of the molecule is O=C(CN1CCCc2ccccc21)Nc1cc(S(=O)(=O)N2CCCCC2)ccc1Cl. The Bertz CT molecular complexity index is 1040. The number of amides is 1. The minimum Gasteiger partial charge on any atom is -0.362 e. The van der Waals surface area contributed by atoms with Crippen molar-refractivity contribution in [1.82, 2.24) is 4.31 Å². The molecular formula is C22H26ClN3O3S. The Kier molecular flexibility index (Phi) is 6.32. The van der Waals surface area contributed by atoms with Gasteiger partial charge in [-0.3, -0.25) is 4.79 Å². The fourth-order valence-electron chi connectivity index (χ4n) is 4.15. The van der Waals surface area contributed by atoms with E-state index in [1.807, 2.05) is 18.2 Å². The zero-order valence-electron chi connectivity index (χ0n) is 16.8. The number of sulfonamides is 1. The number of hydrogen-bond acceptors (Lipinski definition) is 4. The number of piperidine rings is 1. The molecule has 0 aliphatic carbocycles. The average molecular weight is 448 g/mol. The summed E-state index contributed by atoms with van der Waals surface area (Å²) in [6.07, 6.45) is 4.79. The minimum atomic E-state index is -3.59. The minimum absolute atomic E-state index is 0.160. The van der Waals surface area contributed by atoms with Crippen molar-refractivity contribution in [3.63, 3.8) is 0 Å². The standard InChI is InChI=1S/C22H26ClN3O3S/c23-19-11-10-18(30(28,29)26-13-4-1-5-14-26)15-20(19)24-22(27)16-25-12-6-8-17-7-2-3-9-21(17)25/h2-3,7,9-11,15H,1,4-6,8,12-14,16H2,(H,24,27). The lowest BCUT2D eigenvalue weighted by molar-refractivity contribution is -0.115. The molecule has 0 unspecified atom stereocenters. The predicted molar refractivity (Wildman–Crippen MR) is 120 cm³/mol. The second-order valence-corrected chi connectivity index (χ2v) is 10.2. The highest BCUT2D eigenvalue weighted by Crippen LogP contribution is 2.29. The van der Waals surface area contributed by atoms with E-state index in [4.69, 9.17) is 11.6 Å². The van der Waals surface area contributed by atoms with Gasteiger partial charge in [-0.2, -0.15) is 4.31 Å². The van der Waals surface area contributed by atoms with Crippen LogP contribution in [-0.2, 0) is 21.2 Å². The molecule has 2 aliphatic heterocycles. The molecule has 4 rings (SSSR count). The monoisotopic (exact) mass is 447 g/mol. The summed E-state index contributed by atoms with van der Waals surface area (Å²) < 4.78 is 27.4. The van der Waals surface area contributed by atoms with Gasteiger partial charge in [0.1, 0.15) is 0 Å². The number of rotatable bonds is 5. The highest BCUT2D eigenvalue weighted by atomic mass is 35.5. The zero-order valence-corrected chi connectivity index (χ0v) is 18.4. The van der Waals surface area contributed by atoms with Gasteiger partial charge in [-0.25, -0.2) is 8.42 Å². The molecule has 0 bridgehead atoms. The van der Waals surface area contributed by atoms with E-state index in [0.717, 1.165) is 44.3 Å². The third kappa shape index (κ3) is 4.48. The van der Waals surface area contributed by atoms with E-state index in [2.05, 4.69) is 16.3 Å². The predicted octanol–water partition coefficient (Wildman–Crippen LogP) is 3.91. The lowest BCUT2D eigenvalue weighted by atomic mass is 10.0. The van der Waals surface area contributed by atoms with Crippen molar-refractivity contribution >= 4 is 38.9 Å². The van der Waals surface area contributed by atoms with Gasteiger partial charge in [0.25, 0.3) is 0 Å². The van der Waals surface area contributed by atoms with E-state index in [9.17, 15) is 13.2 Å². The lowest BCUT2D eigenvalue weighted by Gasteiger charge is -2.30. The van der Waals surface area contributed by atoms with Crippen LogP contribution in [0.4, 0.5) is 11.4 Å². The largest absolute Gasteiger partial charge is 0.362 e. The molecule has 2 aliphatic rings. The van der Waals surface area contributed by atoms with Gasteiger partial charge in [0.05, 0.1) is 22.2 Å². The molecule has 2 aromatic carbocycles. The first-order chi connectivity index (χ1) is 14.4. The second kappa shape index (κ2) is 8.96. The first kappa shape index (κ1) is 21.2. The molecule has 8 heteroatoms. The average Bonchev–Trinajstić information content (AvgIpc) is 2.76.